The third-order valence-corrected chi connectivity index (χ3v) is 1.90. The van der Waals surface area contributed by atoms with Gasteiger partial charge in [-0.3, -0.25) is 9.78 Å². The van der Waals surface area contributed by atoms with Gasteiger partial charge in [-0.05, 0) is 24.3 Å². The van der Waals surface area contributed by atoms with Gasteiger partial charge in [-0.2, -0.15) is 0 Å². The normalized spacial score (nSPS) is 8.57. The number of carbonyl (C=O) groups excluding carboxylic acids is 1. The Hall–Kier alpha value is -1.68. The number of phenols is 1. The van der Waals surface area contributed by atoms with Crippen LogP contribution in [0.15, 0.2) is 41.4 Å². The average Bonchev–Trinajstić information content (AvgIpc) is 2.77. The minimum Gasteiger partial charge on any atom is -0.508 e. The third-order valence-electron chi connectivity index (χ3n) is 1.38. The van der Waals surface area contributed by atoms with E-state index in [1.165, 1.54) is 12.1 Å². The number of aromatic hydroxyl groups is 1. The molecule has 72 valence electrons. The highest BCUT2D eigenvalue weighted by atomic mass is 32.1. The summed E-state index contributed by atoms with van der Waals surface area (Å²) >= 11 is 1.60. The van der Waals surface area contributed by atoms with E-state index in [4.69, 9.17) is 5.11 Å². The smallest absolute Gasteiger partial charge is 0.150 e. The quantitative estimate of drug-likeness (QED) is 0.730. The van der Waals surface area contributed by atoms with E-state index >= 15 is 0 Å². The van der Waals surface area contributed by atoms with Crippen molar-refractivity contribution in [3.8, 4) is 5.75 Å². The Balaban J connectivity index is 0.000000165. The Morgan fingerprint density at radius 3 is 2.36 bits per heavy atom. The van der Waals surface area contributed by atoms with Crippen LogP contribution in [0.5, 0.6) is 5.75 Å². The van der Waals surface area contributed by atoms with Gasteiger partial charge in [-0.25, -0.2) is 0 Å². The molecule has 0 aliphatic rings. The van der Waals surface area contributed by atoms with E-state index in [-0.39, 0.29) is 5.75 Å². The lowest BCUT2D eigenvalue weighted by atomic mass is 10.2. The van der Waals surface area contributed by atoms with Gasteiger partial charge in [0.25, 0.3) is 0 Å². The zero-order valence-electron chi connectivity index (χ0n) is 7.33. The van der Waals surface area contributed by atoms with E-state index in [1.807, 2.05) is 5.38 Å². The molecule has 1 heterocycles. The van der Waals surface area contributed by atoms with Crippen molar-refractivity contribution in [3.05, 3.63) is 46.9 Å². The first kappa shape index (κ1) is 10.4. The second-order valence-electron chi connectivity index (χ2n) is 2.39. The first-order valence-corrected chi connectivity index (χ1v) is 4.83. The van der Waals surface area contributed by atoms with E-state index in [2.05, 4.69) is 4.98 Å². The van der Waals surface area contributed by atoms with Crippen molar-refractivity contribution in [2.45, 2.75) is 0 Å². The number of carbonyl (C=O) groups is 1. The minimum atomic E-state index is 0.181. The zero-order chi connectivity index (χ0) is 10.2. The Bertz CT molecular complexity index is 339. The van der Waals surface area contributed by atoms with Gasteiger partial charge >= 0.3 is 0 Å². The van der Waals surface area contributed by atoms with Crippen LogP contribution in [0, 0.1) is 0 Å². The van der Waals surface area contributed by atoms with Crippen LogP contribution in [0.2, 0.25) is 0 Å². The van der Waals surface area contributed by atoms with Crippen LogP contribution in [-0.2, 0) is 0 Å². The van der Waals surface area contributed by atoms with Gasteiger partial charge in [0.1, 0.15) is 12.0 Å². The fourth-order valence-corrected chi connectivity index (χ4v) is 1.08. The number of aromatic nitrogens is 1. The van der Waals surface area contributed by atoms with Crippen LogP contribution in [-0.4, -0.2) is 16.4 Å². The van der Waals surface area contributed by atoms with Gasteiger partial charge < -0.3 is 5.11 Å². The van der Waals surface area contributed by atoms with Crippen LogP contribution in [0.1, 0.15) is 10.4 Å². The van der Waals surface area contributed by atoms with Gasteiger partial charge in [0, 0.05) is 17.1 Å². The Kier molecular flexibility index (Phi) is 4.37. The number of hydrogen-bond acceptors (Lipinski definition) is 4. The summed E-state index contributed by atoms with van der Waals surface area (Å²) in [5.74, 6) is 0.181. The number of aldehydes is 1. The molecule has 1 N–H and O–H groups in total. The molecule has 0 aliphatic heterocycles. The summed E-state index contributed by atoms with van der Waals surface area (Å²) in [7, 11) is 0. The average molecular weight is 207 g/mol. The number of thiazole rings is 1. The molecule has 1 aromatic heterocycles. The summed E-state index contributed by atoms with van der Waals surface area (Å²) in [5, 5.41) is 10.7. The Morgan fingerprint density at radius 2 is 2.00 bits per heavy atom. The molecule has 0 fully saturated rings. The number of benzene rings is 1. The maximum absolute atomic E-state index is 10.0. The van der Waals surface area contributed by atoms with E-state index < -0.39 is 0 Å². The molecule has 0 saturated carbocycles. The molecule has 0 atom stereocenters. The lowest BCUT2D eigenvalue weighted by Gasteiger charge is -1.88. The van der Waals surface area contributed by atoms with Crippen molar-refractivity contribution in [1.82, 2.24) is 4.98 Å². The molecule has 4 heteroatoms. The summed E-state index contributed by atoms with van der Waals surface area (Å²) < 4.78 is 0. The molecule has 3 nitrogen and oxygen atoms in total. The second-order valence-corrected chi connectivity index (χ2v) is 3.14. The topological polar surface area (TPSA) is 50.2 Å². The van der Waals surface area contributed by atoms with Gasteiger partial charge in [-0.15, -0.1) is 11.3 Å². The number of rotatable bonds is 1. The highest BCUT2D eigenvalue weighted by Crippen LogP contribution is 2.07. The van der Waals surface area contributed by atoms with Crippen molar-refractivity contribution in [3.63, 3.8) is 0 Å². The highest BCUT2D eigenvalue weighted by Gasteiger charge is 1.86. The number of hydrogen-bond donors (Lipinski definition) is 1. The molecule has 0 spiro atoms. The minimum absolute atomic E-state index is 0.181. The molecule has 2 aromatic rings. The molecule has 1 aromatic carbocycles. The third kappa shape index (κ3) is 3.82. The van der Waals surface area contributed by atoms with Crippen molar-refractivity contribution in [1.29, 1.82) is 0 Å². The first-order valence-electron chi connectivity index (χ1n) is 3.89. The molecular weight excluding hydrogens is 198 g/mol. The summed E-state index contributed by atoms with van der Waals surface area (Å²) in [6.45, 7) is 0. The molecule has 0 radical (unpaired) electrons. The van der Waals surface area contributed by atoms with Gasteiger partial charge in [0.2, 0.25) is 0 Å². The van der Waals surface area contributed by atoms with Crippen LogP contribution in [0.3, 0.4) is 0 Å². The van der Waals surface area contributed by atoms with Crippen molar-refractivity contribution >= 4 is 17.6 Å². The largest absolute Gasteiger partial charge is 0.508 e. The molecule has 0 amide bonds. The highest BCUT2D eigenvalue weighted by molar-refractivity contribution is 7.07. The van der Waals surface area contributed by atoms with Gasteiger partial charge in [-0.1, -0.05) is 0 Å². The second kappa shape index (κ2) is 5.88. The summed E-state index contributed by atoms with van der Waals surface area (Å²) in [5.41, 5.74) is 2.37. The number of nitrogens with zero attached hydrogens (tertiary/aromatic N) is 1. The van der Waals surface area contributed by atoms with E-state index in [0.717, 1.165) is 6.29 Å². The van der Waals surface area contributed by atoms with E-state index in [9.17, 15) is 4.79 Å². The first-order chi connectivity index (χ1) is 6.83. The molecule has 0 unspecified atom stereocenters. The summed E-state index contributed by atoms with van der Waals surface area (Å²) in [6.07, 6.45) is 2.50. The predicted molar refractivity (Wildman–Crippen MR) is 55.6 cm³/mol. The lowest BCUT2D eigenvalue weighted by Crippen LogP contribution is -1.74. The van der Waals surface area contributed by atoms with Crippen LogP contribution in [0.4, 0.5) is 0 Å². The van der Waals surface area contributed by atoms with Gasteiger partial charge in [0.15, 0.2) is 0 Å². The molecule has 0 aliphatic carbocycles. The van der Waals surface area contributed by atoms with Crippen LogP contribution in [0.25, 0.3) is 0 Å². The Labute approximate surface area is 85.7 Å². The molecule has 0 bridgehead atoms. The van der Waals surface area contributed by atoms with Crippen molar-refractivity contribution < 1.29 is 9.90 Å². The summed E-state index contributed by atoms with van der Waals surface area (Å²) in [4.78, 5) is 13.8. The fraction of sp³-hybridized carbons (Fsp3) is 0. The lowest BCUT2D eigenvalue weighted by molar-refractivity contribution is 0.112. The molecule has 0 saturated heterocycles. The molecular formula is C10H9NO2S. The van der Waals surface area contributed by atoms with E-state index in [0.29, 0.717) is 5.56 Å². The maximum atomic E-state index is 10.0. The predicted octanol–water partition coefficient (Wildman–Crippen LogP) is 2.35. The number of phenolic OH excluding ortho intramolecular Hbond substituents is 1. The fourth-order valence-electron chi connectivity index (χ4n) is 0.729. The van der Waals surface area contributed by atoms with Crippen LogP contribution >= 0.6 is 11.3 Å². The van der Waals surface area contributed by atoms with Gasteiger partial charge in [0.05, 0.1) is 5.51 Å². The standard InChI is InChI=1S/C7H6O2.C3H3NS/c8-5-6-1-3-7(9)4-2-6;1-2-5-3-4-1/h1-5,9H;1-3H. The Morgan fingerprint density at radius 1 is 1.29 bits per heavy atom. The SMILES string of the molecule is O=Cc1ccc(O)cc1.c1cscn1. The summed E-state index contributed by atoms with van der Waals surface area (Å²) in [6, 6.07) is 6.07. The monoisotopic (exact) mass is 207 g/mol. The molecule has 2 rings (SSSR count). The van der Waals surface area contributed by atoms with E-state index in [1.54, 1.807) is 35.2 Å². The van der Waals surface area contributed by atoms with Crippen molar-refractivity contribution in [2.24, 2.45) is 0 Å². The van der Waals surface area contributed by atoms with Crippen molar-refractivity contribution in [2.75, 3.05) is 0 Å². The van der Waals surface area contributed by atoms with Crippen LogP contribution < -0.4 is 0 Å². The molecule has 14 heavy (non-hydrogen) atoms. The zero-order valence-corrected chi connectivity index (χ0v) is 8.15. The maximum Gasteiger partial charge on any atom is 0.150 e.